The van der Waals surface area contributed by atoms with E-state index in [1.54, 1.807) is 4.90 Å². The molecule has 6 heteroatoms. The number of aliphatic hydroxyl groups is 2. The molecule has 0 saturated heterocycles. The van der Waals surface area contributed by atoms with Crippen LogP contribution in [0, 0.1) is 0 Å². The number of carbonyl (C=O) groups is 1. The van der Waals surface area contributed by atoms with Crippen molar-refractivity contribution in [3.8, 4) is 0 Å². The van der Waals surface area contributed by atoms with Crippen molar-refractivity contribution in [2.75, 3.05) is 25.0 Å². The fourth-order valence-corrected chi connectivity index (χ4v) is 3.07. The van der Waals surface area contributed by atoms with Gasteiger partial charge in [0.25, 0.3) is 0 Å². The summed E-state index contributed by atoms with van der Waals surface area (Å²) in [7, 11) is 0. The van der Waals surface area contributed by atoms with Crippen molar-refractivity contribution in [1.29, 1.82) is 0 Å². The SMILES string of the molecule is CC(C)(C)OC(=O)N1Cc2cc(NCC(O)CO)ccc2C(C)(C)C1. The Balaban J connectivity index is 2.19. The number of rotatable bonds is 4. The number of aliphatic hydroxyl groups excluding tert-OH is 2. The molecule has 1 aliphatic rings. The average molecular weight is 350 g/mol. The molecule has 1 aromatic carbocycles. The van der Waals surface area contributed by atoms with Crippen LogP contribution in [0.2, 0.25) is 0 Å². The van der Waals surface area contributed by atoms with E-state index in [-0.39, 0.29) is 24.7 Å². The van der Waals surface area contributed by atoms with E-state index in [0.29, 0.717) is 13.1 Å². The number of nitrogens with zero attached hydrogens (tertiary/aromatic N) is 1. The molecule has 1 aliphatic heterocycles. The van der Waals surface area contributed by atoms with Gasteiger partial charge in [-0.1, -0.05) is 19.9 Å². The molecule has 0 aromatic heterocycles. The Morgan fingerprint density at radius 3 is 2.68 bits per heavy atom. The van der Waals surface area contributed by atoms with Gasteiger partial charge in [0.1, 0.15) is 5.60 Å². The first-order valence-electron chi connectivity index (χ1n) is 8.66. The van der Waals surface area contributed by atoms with Crippen molar-refractivity contribution >= 4 is 11.8 Å². The number of carbonyl (C=O) groups excluding carboxylic acids is 1. The number of hydrogen-bond donors (Lipinski definition) is 3. The van der Waals surface area contributed by atoms with Crippen molar-refractivity contribution in [2.45, 2.75) is 58.3 Å². The van der Waals surface area contributed by atoms with Gasteiger partial charge in [-0.25, -0.2) is 4.79 Å². The van der Waals surface area contributed by atoms with Crippen LogP contribution in [0.15, 0.2) is 18.2 Å². The maximum Gasteiger partial charge on any atom is 0.410 e. The molecule has 1 atom stereocenters. The smallest absolute Gasteiger partial charge is 0.410 e. The highest BCUT2D eigenvalue weighted by atomic mass is 16.6. The summed E-state index contributed by atoms with van der Waals surface area (Å²) in [6.45, 7) is 10.9. The van der Waals surface area contributed by atoms with Gasteiger partial charge in [-0.2, -0.15) is 0 Å². The third kappa shape index (κ3) is 5.09. The standard InChI is InChI=1S/C19H30N2O4/c1-18(2,3)25-17(24)21-10-13-8-14(20-9-15(23)11-22)6-7-16(13)19(4,5)12-21/h6-8,15,20,22-23H,9-12H2,1-5H3. The maximum absolute atomic E-state index is 12.5. The molecule has 1 heterocycles. The number of anilines is 1. The minimum atomic E-state index is -0.800. The minimum absolute atomic E-state index is 0.173. The summed E-state index contributed by atoms with van der Waals surface area (Å²) in [5.41, 5.74) is 2.43. The van der Waals surface area contributed by atoms with Crippen LogP contribution in [-0.2, 0) is 16.7 Å². The lowest BCUT2D eigenvalue weighted by atomic mass is 9.78. The number of nitrogens with one attached hydrogen (secondary N) is 1. The second-order valence-electron chi connectivity index (χ2n) is 8.31. The van der Waals surface area contributed by atoms with E-state index in [1.165, 1.54) is 5.56 Å². The van der Waals surface area contributed by atoms with E-state index in [2.05, 4.69) is 25.2 Å². The molecule has 1 unspecified atom stereocenters. The van der Waals surface area contributed by atoms with Gasteiger partial charge in [-0.15, -0.1) is 0 Å². The first-order chi connectivity index (χ1) is 11.5. The molecule has 0 bridgehead atoms. The number of benzene rings is 1. The van der Waals surface area contributed by atoms with E-state index < -0.39 is 11.7 Å². The summed E-state index contributed by atoms with van der Waals surface area (Å²) >= 11 is 0. The predicted molar refractivity (Wildman–Crippen MR) is 97.7 cm³/mol. The Kier molecular flexibility index (Phi) is 5.64. The molecular weight excluding hydrogens is 320 g/mol. The molecule has 3 N–H and O–H groups in total. The lowest BCUT2D eigenvalue weighted by molar-refractivity contribution is 0.0174. The van der Waals surface area contributed by atoms with Gasteiger partial charge in [0.15, 0.2) is 0 Å². The molecule has 0 fully saturated rings. The number of hydrogen-bond acceptors (Lipinski definition) is 5. The van der Waals surface area contributed by atoms with E-state index in [0.717, 1.165) is 11.3 Å². The first kappa shape index (κ1) is 19.5. The Morgan fingerprint density at radius 1 is 1.40 bits per heavy atom. The zero-order chi connectivity index (χ0) is 18.8. The van der Waals surface area contributed by atoms with Crippen LogP contribution in [0.5, 0.6) is 0 Å². The molecule has 0 saturated carbocycles. The molecule has 0 spiro atoms. The van der Waals surface area contributed by atoms with Crippen molar-refractivity contribution < 1.29 is 19.7 Å². The molecule has 2 rings (SSSR count). The maximum atomic E-state index is 12.5. The lowest BCUT2D eigenvalue weighted by Crippen LogP contribution is -2.46. The van der Waals surface area contributed by atoms with Crippen LogP contribution in [0.4, 0.5) is 10.5 Å². The molecule has 0 aliphatic carbocycles. The Hall–Kier alpha value is -1.79. The molecular formula is C19H30N2O4. The third-order valence-corrected chi connectivity index (χ3v) is 4.19. The van der Waals surface area contributed by atoms with Crippen LogP contribution in [0.3, 0.4) is 0 Å². The van der Waals surface area contributed by atoms with E-state index in [1.807, 2.05) is 32.9 Å². The van der Waals surface area contributed by atoms with E-state index >= 15 is 0 Å². The summed E-state index contributed by atoms with van der Waals surface area (Å²) in [6, 6.07) is 6.03. The monoisotopic (exact) mass is 350 g/mol. The summed E-state index contributed by atoms with van der Waals surface area (Å²) in [4.78, 5) is 14.2. The Bertz CT molecular complexity index is 622. The van der Waals surface area contributed by atoms with E-state index in [9.17, 15) is 9.90 Å². The normalized spacial score (nSPS) is 17.6. The van der Waals surface area contributed by atoms with Crippen LogP contribution < -0.4 is 5.32 Å². The lowest BCUT2D eigenvalue weighted by Gasteiger charge is -2.40. The average Bonchev–Trinajstić information content (AvgIpc) is 2.49. The summed E-state index contributed by atoms with van der Waals surface area (Å²) in [5, 5.41) is 21.5. The predicted octanol–water partition coefficient (Wildman–Crippen LogP) is 2.48. The highest BCUT2D eigenvalue weighted by Gasteiger charge is 2.35. The van der Waals surface area contributed by atoms with Crippen molar-refractivity contribution in [3.05, 3.63) is 29.3 Å². The van der Waals surface area contributed by atoms with Crippen molar-refractivity contribution in [2.24, 2.45) is 0 Å². The van der Waals surface area contributed by atoms with Gasteiger partial charge in [-0.05, 0) is 44.0 Å². The summed E-state index contributed by atoms with van der Waals surface area (Å²) in [5.74, 6) is 0. The highest BCUT2D eigenvalue weighted by Crippen LogP contribution is 2.35. The number of fused-ring (bicyclic) bond motifs is 1. The third-order valence-electron chi connectivity index (χ3n) is 4.19. The highest BCUT2D eigenvalue weighted by molar-refractivity contribution is 5.69. The molecule has 1 aromatic rings. The minimum Gasteiger partial charge on any atom is -0.444 e. The topological polar surface area (TPSA) is 82.0 Å². The summed E-state index contributed by atoms with van der Waals surface area (Å²) in [6.07, 6.45) is -1.11. The Morgan fingerprint density at radius 2 is 2.08 bits per heavy atom. The van der Waals surface area contributed by atoms with Crippen LogP contribution in [-0.4, -0.2) is 52.6 Å². The van der Waals surface area contributed by atoms with Gasteiger partial charge in [0, 0.05) is 30.7 Å². The van der Waals surface area contributed by atoms with Crippen molar-refractivity contribution in [1.82, 2.24) is 4.90 Å². The van der Waals surface area contributed by atoms with Gasteiger partial charge < -0.3 is 25.2 Å². The molecule has 25 heavy (non-hydrogen) atoms. The van der Waals surface area contributed by atoms with Crippen LogP contribution in [0.25, 0.3) is 0 Å². The first-order valence-corrected chi connectivity index (χ1v) is 8.66. The molecule has 6 nitrogen and oxygen atoms in total. The molecule has 1 amide bonds. The van der Waals surface area contributed by atoms with Crippen molar-refractivity contribution in [3.63, 3.8) is 0 Å². The second kappa shape index (κ2) is 7.22. The fraction of sp³-hybridized carbons (Fsp3) is 0.632. The van der Waals surface area contributed by atoms with Gasteiger partial charge in [0.2, 0.25) is 0 Å². The molecule has 0 radical (unpaired) electrons. The van der Waals surface area contributed by atoms with E-state index in [4.69, 9.17) is 9.84 Å². The zero-order valence-corrected chi connectivity index (χ0v) is 15.8. The largest absolute Gasteiger partial charge is 0.444 e. The van der Waals surface area contributed by atoms with Gasteiger partial charge in [0.05, 0.1) is 12.7 Å². The second-order valence-corrected chi connectivity index (χ2v) is 8.31. The van der Waals surface area contributed by atoms with Crippen LogP contribution in [0.1, 0.15) is 45.7 Å². The number of amides is 1. The van der Waals surface area contributed by atoms with Gasteiger partial charge in [-0.3, -0.25) is 0 Å². The van der Waals surface area contributed by atoms with Crippen LogP contribution >= 0.6 is 0 Å². The Labute approximate surface area is 149 Å². The zero-order valence-electron chi connectivity index (χ0n) is 15.8. The summed E-state index contributed by atoms with van der Waals surface area (Å²) < 4.78 is 5.52. The quantitative estimate of drug-likeness (QED) is 0.777. The molecule has 140 valence electrons. The van der Waals surface area contributed by atoms with Gasteiger partial charge >= 0.3 is 6.09 Å². The number of ether oxygens (including phenoxy) is 1. The fourth-order valence-electron chi connectivity index (χ4n) is 3.07.